The molecule has 0 radical (unpaired) electrons. The van der Waals surface area contributed by atoms with Gasteiger partial charge in [-0.15, -0.1) is 0 Å². The molecule has 0 aliphatic heterocycles. The second kappa shape index (κ2) is 5.18. The van der Waals surface area contributed by atoms with Crippen LogP contribution in [0.4, 0.5) is 14.5 Å². The highest BCUT2D eigenvalue weighted by Crippen LogP contribution is 2.19. The highest BCUT2D eigenvalue weighted by atomic mass is 19.1. The zero-order valence-electron chi connectivity index (χ0n) is 10.7. The molecule has 0 aromatic heterocycles. The summed E-state index contributed by atoms with van der Waals surface area (Å²) in [7, 11) is 3.68. The van der Waals surface area contributed by atoms with E-state index >= 15 is 0 Å². The molecule has 98 valence electrons. The number of halogens is 2. The van der Waals surface area contributed by atoms with Crippen LogP contribution >= 0.6 is 0 Å². The Bertz CT molecular complexity index is 623. The molecule has 0 unspecified atom stereocenters. The molecule has 0 aliphatic rings. The first kappa shape index (κ1) is 13.2. The van der Waals surface area contributed by atoms with Gasteiger partial charge in [0, 0.05) is 25.3 Å². The fourth-order valence-electron chi connectivity index (χ4n) is 1.75. The maximum absolute atomic E-state index is 13.6. The normalized spacial score (nSPS) is 10.3. The van der Waals surface area contributed by atoms with E-state index in [0.29, 0.717) is 5.56 Å². The number of carbonyl (C=O) groups excluding carboxylic acids is 1. The molecule has 4 heteroatoms. The first-order valence-corrected chi connectivity index (χ1v) is 5.76. The van der Waals surface area contributed by atoms with Crippen molar-refractivity contribution in [1.82, 2.24) is 0 Å². The number of carbonyl (C=O) groups is 1. The summed E-state index contributed by atoms with van der Waals surface area (Å²) in [5, 5.41) is 0. The molecule has 0 aliphatic carbocycles. The van der Waals surface area contributed by atoms with E-state index in [1.165, 1.54) is 0 Å². The van der Waals surface area contributed by atoms with Crippen molar-refractivity contribution in [2.24, 2.45) is 0 Å². The molecule has 0 amide bonds. The summed E-state index contributed by atoms with van der Waals surface area (Å²) >= 11 is 0. The van der Waals surface area contributed by atoms with Gasteiger partial charge >= 0.3 is 0 Å². The minimum absolute atomic E-state index is 0.254. The van der Waals surface area contributed by atoms with Gasteiger partial charge in [0.1, 0.15) is 11.6 Å². The molecule has 0 saturated heterocycles. The second-order valence-electron chi connectivity index (χ2n) is 4.40. The number of rotatable bonds is 3. The molecule has 2 aromatic carbocycles. The van der Waals surface area contributed by atoms with Gasteiger partial charge in [0.05, 0.1) is 5.56 Å². The van der Waals surface area contributed by atoms with Gasteiger partial charge in [-0.25, -0.2) is 8.78 Å². The molecule has 19 heavy (non-hydrogen) atoms. The van der Waals surface area contributed by atoms with Crippen molar-refractivity contribution in [1.29, 1.82) is 0 Å². The monoisotopic (exact) mass is 261 g/mol. The summed E-state index contributed by atoms with van der Waals surface area (Å²) in [6.45, 7) is 0. The van der Waals surface area contributed by atoms with E-state index in [0.717, 1.165) is 23.9 Å². The van der Waals surface area contributed by atoms with Crippen molar-refractivity contribution < 1.29 is 13.6 Å². The van der Waals surface area contributed by atoms with Crippen LogP contribution in [-0.2, 0) is 0 Å². The lowest BCUT2D eigenvalue weighted by atomic mass is 10.0. The zero-order valence-corrected chi connectivity index (χ0v) is 10.7. The molecule has 0 fully saturated rings. The lowest BCUT2D eigenvalue weighted by Gasteiger charge is -2.13. The third kappa shape index (κ3) is 2.78. The predicted molar refractivity (Wildman–Crippen MR) is 70.6 cm³/mol. The Hall–Kier alpha value is -2.23. The third-order valence-electron chi connectivity index (χ3n) is 2.80. The Balaban J connectivity index is 2.44. The van der Waals surface area contributed by atoms with Crippen molar-refractivity contribution in [3.63, 3.8) is 0 Å². The van der Waals surface area contributed by atoms with Crippen molar-refractivity contribution in [2.75, 3.05) is 19.0 Å². The number of hydrogen-bond donors (Lipinski definition) is 0. The van der Waals surface area contributed by atoms with E-state index in [1.54, 1.807) is 18.2 Å². The second-order valence-corrected chi connectivity index (χ2v) is 4.40. The van der Waals surface area contributed by atoms with Gasteiger partial charge in [-0.05, 0) is 30.3 Å². The lowest BCUT2D eigenvalue weighted by Crippen LogP contribution is -2.10. The number of anilines is 1. The molecule has 0 saturated carbocycles. The Kier molecular flexibility index (Phi) is 3.60. The van der Waals surface area contributed by atoms with E-state index < -0.39 is 17.4 Å². The Labute approximate surface area is 110 Å². The van der Waals surface area contributed by atoms with Crippen LogP contribution in [0.5, 0.6) is 0 Å². The average molecular weight is 261 g/mol. The Morgan fingerprint density at radius 2 is 1.79 bits per heavy atom. The van der Waals surface area contributed by atoms with Crippen LogP contribution in [0.15, 0.2) is 42.5 Å². The Morgan fingerprint density at radius 3 is 2.47 bits per heavy atom. The summed E-state index contributed by atoms with van der Waals surface area (Å²) in [5.74, 6) is -1.88. The lowest BCUT2D eigenvalue weighted by molar-refractivity contribution is 0.103. The fourth-order valence-corrected chi connectivity index (χ4v) is 1.75. The maximum Gasteiger partial charge on any atom is 0.196 e. The third-order valence-corrected chi connectivity index (χ3v) is 2.80. The first-order valence-electron chi connectivity index (χ1n) is 5.76. The Morgan fingerprint density at radius 1 is 1.05 bits per heavy atom. The first-order chi connectivity index (χ1) is 8.99. The van der Waals surface area contributed by atoms with Gasteiger partial charge in [0.2, 0.25) is 0 Å². The van der Waals surface area contributed by atoms with Crippen LogP contribution in [0.2, 0.25) is 0 Å². The van der Waals surface area contributed by atoms with Crippen molar-refractivity contribution in [2.45, 2.75) is 0 Å². The zero-order chi connectivity index (χ0) is 14.0. The highest BCUT2D eigenvalue weighted by molar-refractivity contribution is 6.09. The van der Waals surface area contributed by atoms with Gasteiger partial charge in [0.15, 0.2) is 5.78 Å². The van der Waals surface area contributed by atoms with Gasteiger partial charge in [-0.2, -0.15) is 0 Å². The molecule has 0 spiro atoms. The van der Waals surface area contributed by atoms with E-state index in [9.17, 15) is 13.6 Å². The molecule has 2 aromatic rings. The molecule has 2 rings (SSSR count). The predicted octanol–water partition coefficient (Wildman–Crippen LogP) is 3.26. The number of hydrogen-bond acceptors (Lipinski definition) is 2. The van der Waals surface area contributed by atoms with E-state index in [-0.39, 0.29) is 5.56 Å². The summed E-state index contributed by atoms with van der Waals surface area (Å²) in [5.41, 5.74) is 0.897. The van der Waals surface area contributed by atoms with Gasteiger partial charge in [-0.1, -0.05) is 12.1 Å². The molecular weight excluding hydrogens is 248 g/mol. The highest BCUT2D eigenvalue weighted by Gasteiger charge is 2.15. The van der Waals surface area contributed by atoms with Crippen LogP contribution in [0, 0.1) is 11.6 Å². The van der Waals surface area contributed by atoms with Crippen molar-refractivity contribution in [3.8, 4) is 0 Å². The summed E-state index contributed by atoms with van der Waals surface area (Å²) < 4.78 is 26.7. The van der Waals surface area contributed by atoms with Crippen LogP contribution < -0.4 is 4.90 Å². The smallest absolute Gasteiger partial charge is 0.196 e. The van der Waals surface area contributed by atoms with E-state index in [2.05, 4.69) is 0 Å². The van der Waals surface area contributed by atoms with Gasteiger partial charge in [0.25, 0.3) is 0 Å². The fraction of sp³-hybridized carbons (Fsp3) is 0.133. The average Bonchev–Trinajstić information content (AvgIpc) is 2.41. The molecule has 2 nitrogen and oxygen atoms in total. The van der Waals surface area contributed by atoms with Crippen molar-refractivity contribution in [3.05, 3.63) is 65.2 Å². The summed E-state index contributed by atoms with van der Waals surface area (Å²) in [4.78, 5) is 14.0. The largest absolute Gasteiger partial charge is 0.378 e. The number of nitrogens with zero attached hydrogens (tertiary/aromatic N) is 1. The van der Waals surface area contributed by atoms with Crippen LogP contribution in [0.25, 0.3) is 0 Å². The maximum atomic E-state index is 13.6. The van der Waals surface area contributed by atoms with Crippen LogP contribution in [0.1, 0.15) is 15.9 Å². The molecular formula is C15H13F2NO. The molecule has 0 atom stereocenters. The van der Waals surface area contributed by atoms with E-state index in [4.69, 9.17) is 0 Å². The van der Waals surface area contributed by atoms with Crippen LogP contribution in [-0.4, -0.2) is 19.9 Å². The SMILES string of the molecule is CN(C)c1cccc(C(=O)c2cc(F)ccc2F)c1. The van der Waals surface area contributed by atoms with Gasteiger partial charge in [-0.3, -0.25) is 4.79 Å². The quantitative estimate of drug-likeness (QED) is 0.790. The minimum Gasteiger partial charge on any atom is -0.378 e. The summed E-state index contributed by atoms with van der Waals surface area (Å²) in [6.07, 6.45) is 0. The van der Waals surface area contributed by atoms with Crippen LogP contribution in [0.3, 0.4) is 0 Å². The number of ketones is 1. The topological polar surface area (TPSA) is 20.3 Å². The standard InChI is InChI=1S/C15H13F2NO/c1-18(2)12-5-3-4-10(8-12)15(19)13-9-11(16)6-7-14(13)17/h3-9H,1-2H3. The van der Waals surface area contributed by atoms with Gasteiger partial charge < -0.3 is 4.90 Å². The number of benzene rings is 2. The molecule has 0 heterocycles. The summed E-state index contributed by atoms with van der Waals surface area (Å²) in [6, 6.07) is 9.63. The minimum atomic E-state index is -0.721. The van der Waals surface area contributed by atoms with E-state index in [1.807, 2.05) is 25.1 Å². The molecule has 0 N–H and O–H groups in total. The van der Waals surface area contributed by atoms with Crippen molar-refractivity contribution >= 4 is 11.5 Å². The molecule has 0 bridgehead atoms.